The third kappa shape index (κ3) is 1.40. The highest BCUT2D eigenvalue weighted by Gasteiger charge is 2.59. The molecule has 3 aliphatic carbocycles. The fourth-order valence-electron chi connectivity index (χ4n) is 5.54. The molecule has 2 spiro atoms. The lowest BCUT2D eigenvalue weighted by Gasteiger charge is -2.55. The maximum atomic E-state index is 3.46. The van der Waals surface area contributed by atoms with Crippen molar-refractivity contribution in [3.63, 3.8) is 0 Å². The van der Waals surface area contributed by atoms with E-state index in [1.54, 1.807) is 11.1 Å². The molecule has 100 valence electrons. The van der Waals surface area contributed by atoms with Crippen molar-refractivity contribution in [3.05, 3.63) is 35.4 Å². The number of rotatable bonds is 2. The summed E-state index contributed by atoms with van der Waals surface area (Å²) < 4.78 is 0. The average molecular weight is 253 g/mol. The van der Waals surface area contributed by atoms with Crippen LogP contribution in [0.3, 0.4) is 0 Å². The van der Waals surface area contributed by atoms with Gasteiger partial charge < -0.3 is 5.32 Å². The van der Waals surface area contributed by atoms with Crippen LogP contribution < -0.4 is 5.32 Å². The minimum absolute atomic E-state index is 0.636. The van der Waals surface area contributed by atoms with E-state index in [4.69, 9.17) is 0 Å². The number of aryl methyl sites for hydroxylation is 1. The first-order valence-electron chi connectivity index (χ1n) is 8.09. The molecule has 1 aromatic rings. The SMILES string of the molecule is c1ccc2c(c1)CCC21CC1CC1CC2(CNC2)C1. The molecular formula is C18H23N. The molecule has 3 fully saturated rings. The Balaban J connectivity index is 1.28. The van der Waals surface area contributed by atoms with E-state index in [0.29, 0.717) is 5.41 Å². The lowest BCUT2D eigenvalue weighted by Crippen LogP contribution is -2.60. The van der Waals surface area contributed by atoms with Gasteiger partial charge in [0.2, 0.25) is 0 Å². The second-order valence-electron chi connectivity index (χ2n) is 7.83. The van der Waals surface area contributed by atoms with Gasteiger partial charge in [0.25, 0.3) is 0 Å². The number of nitrogens with one attached hydrogen (secondary N) is 1. The molecule has 0 bridgehead atoms. The summed E-state index contributed by atoms with van der Waals surface area (Å²) in [6.45, 7) is 2.62. The zero-order valence-corrected chi connectivity index (χ0v) is 11.6. The zero-order chi connectivity index (χ0) is 12.5. The van der Waals surface area contributed by atoms with Gasteiger partial charge in [-0.25, -0.2) is 0 Å². The molecule has 0 aromatic heterocycles. The summed E-state index contributed by atoms with van der Waals surface area (Å²) in [5.74, 6) is 2.07. The first-order valence-corrected chi connectivity index (χ1v) is 8.09. The molecule has 19 heavy (non-hydrogen) atoms. The van der Waals surface area contributed by atoms with Crippen LogP contribution in [0.4, 0.5) is 0 Å². The Morgan fingerprint density at radius 3 is 2.74 bits per heavy atom. The molecule has 1 heteroatoms. The van der Waals surface area contributed by atoms with Crippen molar-refractivity contribution in [3.8, 4) is 0 Å². The van der Waals surface area contributed by atoms with Crippen LogP contribution in [0.5, 0.6) is 0 Å². The van der Waals surface area contributed by atoms with Gasteiger partial charge in [0, 0.05) is 13.1 Å². The van der Waals surface area contributed by atoms with Crippen LogP contribution in [-0.2, 0) is 11.8 Å². The van der Waals surface area contributed by atoms with E-state index >= 15 is 0 Å². The second-order valence-corrected chi connectivity index (χ2v) is 7.83. The molecule has 0 amide bonds. The summed E-state index contributed by atoms with van der Waals surface area (Å²) >= 11 is 0. The number of benzene rings is 1. The van der Waals surface area contributed by atoms with Crippen LogP contribution in [0.25, 0.3) is 0 Å². The maximum absolute atomic E-state index is 3.46. The normalized spacial score (nSPS) is 38.0. The van der Waals surface area contributed by atoms with Crippen LogP contribution >= 0.6 is 0 Å². The molecule has 1 nitrogen and oxygen atoms in total. The monoisotopic (exact) mass is 253 g/mol. The molecule has 1 aliphatic heterocycles. The Kier molecular flexibility index (Phi) is 1.97. The van der Waals surface area contributed by atoms with Gasteiger partial charge in [-0.2, -0.15) is 0 Å². The van der Waals surface area contributed by atoms with E-state index < -0.39 is 0 Å². The van der Waals surface area contributed by atoms with Crippen molar-refractivity contribution in [1.29, 1.82) is 0 Å². The highest BCUT2D eigenvalue weighted by Crippen LogP contribution is 2.65. The molecule has 2 atom stereocenters. The van der Waals surface area contributed by atoms with E-state index in [2.05, 4.69) is 29.6 Å². The van der Waals surface area contributed by atoms with Crippen molar-refractivity contribution in [2.75, 3.05) is 13.1 Å². The van der Waals surface area contributed by atoms with E-state index in [1.165, 1.54) is 51.6 Å². The smallest absolute Gasteiger partial charge is 0.00204 e. The lowest BCUT2D eigenvalue weighted by atomic mass is 9.57. The molecule has 1 aromatic carbocycles. The molecule has 5 rings (SSSR count). The summed E-state index contributed by atoms with van der Waals surface area (Å²) in [6.07, 6.45) is 8.84. The fourth-order valence-corrected chi connectivity index (χ4v) is 5.54. The molecule has 0 radical (unpaired) electrons. The van der Waals surface area contributed by atoms with Crippen molar-refractivity contribution in [2.45, 2.75) is 43.9 Å². The predicted octanol–water partition coefficient (Wildman–Crippen LogP) is 3.28. The Bertz CT molecular complexity index is 522. The van der Waals surface area contributed by atoms with Gasteiger partial charge in [0.1, 0.15) is 0 Å². The van der Waals surface area contributed by atoms with Crippen molar-refractivity contribution < 1.29 is 0 Å². The number of hydrogen-bond acceptors (Lipinski definition) is 1. The standard InChI is InChI=1S/C18H23N/c1-2-4-16-14(3-1)5-6-18(16)10-15(18)7-13-8-17(9-13)11-19-12-17/h1-4,13,15,19H,5-12H2. The third-order valence-electron chi connectivity index (χ3n) is 6.69. The Morgan fingerprint density at radius 2 is 1.95 bits per heavy atom. The van der Waals surface area contributed by atoms with E-state index in [9.17, 15) is 0 Å². The van der Waals surface area contributed by atoms with Gasteiger partial charge in [-0.15, -0.1) is 0 Å². The van der Waals surface area contributed by atoms with Gasteiger partial charge in [-0.3, -0.25) is 0 Å². The van der Waals surface area contributed by atoms with Crippen LogP contribution in [0.2, 0.25) is 0 Å². The molecule has 1 N–H and O–H groups in total. The summed E-state index contributed by atoms with van der Waals surface area (Å²) in [5.41, 5.74) is 4.77. The van der Waals surface area contributed by atoms with Crippen molar-refractivity contribution in [1.82, 2.24) is 5.32 Å². The zero-order valence-electron chi connectivity index (χ0n) is 11.6. The summed E-state index contributed by atoms with van der Waals surface area (Å²) in [7, 11) is 0. The van der Waals surface area contributed by atoms with Crippen LogP contribution in [0, 0.1) is 17.3 Å². The third-order valence-corrected chi connectivity index (χ3v) is 6.69. The molecule has 2 saturated carbocycles. The first kappa shape index (κ1) is 10.9. The van der Waals surface area contributed by atoms with Gasteiger partial charge >= 0.3 is 0 Å². The maximum Gasteiger partial charge on any atom is 0.00204 e. The van der Waals surface area contributed by atoms with Gasteiger partial charge in [0.15, 0.2) is 0 Å². The summed E-state index contributed by atoms with van der Waals surface area (Å²) in [4.78, 5) is 0. The largest absolute Gasteiger partial charge is 0.316 e. The second kappa shape index (κ2) is 3.44. The molecule has 1 heterocycles. The van der Waals surface area contributed by atoms with Crippen molar-refractivity contribution >= 4 is 0 Å². The average Bonchev–Trinajstić information content (AvgIpc) is 2.89. The van der Waals surface area contributed by atoms with Gasteiger partial charge in [-0.1, -0.05) is 24.3 Å². The molecule has 1 saturated heterocycles. The quantitative estimate of drug-likeness (QED) is 0.853. The van der Waals surface area contributed by atoms with E-state index in [0.717, 1.165) is 17.3 Å². The topological polar surface area (TPSA) is 12.0 Å². The number of hydrogen-bond donors (Lipinski definition) is 1. The minimum atomic E-state index is 0.636. The Labute approximate surface area is 115 Å². The van der Waals surface area contributed by atoms with Crippen LogP contribution in [0.15, 0.2) is 24.3 Å². The van der Waals surface area contributed by atoms with Crippen molar-refractivity contribution in [2.24, 2.45) is 17.3 Å². The van der Waals surface area contributed by atoms with E-state index in [-0.39, 0.29) is 0 Å². The predicted molar refractivity (Wildman–Crippen MR) is 77.2 cm³/mol. The molecule has 2 unspecified atom stereocenters. The van der Waals surface area contributed by atoms with Gasteiger partial charge in [-0.05, 0) is 72.3 Å². The Hall–Kier alpha value is -0.820. The number of fused-ring (bicyclic) bond motifs is 2. The van der Waals surface area contributed by atoms with E-state index in [1.807, 2.05) is 0 Å². The molecular weight excluding hydrogens is 230 g/mol. The lowest BCUT2D eigenvalue weighted by molar-refractivity contribution is -0.00660. The fraction of sp³-hybridized carbons (Fsp3) is 0.667. The highest BCUT2D eigenvalue weighted by molar-refractivity contribution is 5.45. The van der Waals surface area contributed by atoms with Gasteiger partial charge in [0.05, 0.1) is 0 Å². The van der Waals surface area contributed by atoms with Crippen LogP contribution in [-0.4, -0.2) is 13.1 Å². The summed E-state index contributed by atoms with van der Waals surface area (Å²) in [6, 6.07) is 9.24. The minimum Gasteiger partial charge on any atom is -0.316 e. The highest BCUT2D eigenvalue weighted by atomic mass is 15.0. The molecule has 4 aliphatic rings. The summed E-state index contributed by atoms with van der Waals surface area (Å²) in [5, 5.41) is 3.46. The Morgan fingerprint density at radius 1 is 1.11 bits per heavy atom. The first-order chi connectivity index (χ1) is 9.30. The van der Waals surface area contributed by atoms with Crippen LogP contribution in [0.1, 0.15) is 43.2 Å².